The van der Waals surface area contributed by atoms with Gasteiger partial charge < -0.3 is 0 Å². The summed E-state index contributed by atoms with van der Waals surface area (Å²) >= 11 is 0. The molecule has 0 spiro atoms. The summed E-state index contributed by atoms with van der Waals surface area (Å²) in [6.45, 7) is 12.1. The molecule has 1 aliphatic carbocycles. The van der Waals surface area contributed by atoms with Crippen molar-refractivity contribution in [1.29, 1.82) is 0 Å². The van der Waals surface area contributed by atoms with Gasteiger partial charge in [0, 0.05) is 0 Å². The molecule has 1 fully saturated rings. The third-order valence-electron chi connectivity index (χ3n) is 4.49. The van der Waals surface area contributed by atoms with Gasteiger partial charge in [0.25, 0.3) is 0 Å². The van der Waals surface area contributed by atoms with Crippen LogP contribution in [0, 0.1) is 23.2 Å². The molecular formula is C12H24. The molecule has 0 N–H and O–H groups in total. The lowest BCUT2D eigenvalue weighted by Gasteiger charge is -2.45. The lowest BCUT2D eigenvalue weighted by molar-refractivity contribution is 0.0462. The van der Waals surface area contributed by atoms with Gasteiger partial charge in [-0.15, -0.1) is 0 Å². The first kappa shape index (κ1) is 10.1. The normalized spacial score (nSPS) is 41.2. The molecule has 2 unspecified atom stereocenters. The van der Waals surface area contributed by atoms with E-state index in [0.29, 0.717) is 5.41 Å². The molecule has 72 valence electrons. The predicted octanol–water partition coefficient (Wildman–Crippen LogP) is 4.10. The Kier molecular flexibility index (Phi) is 2.85. The molecule has 1 aliphatic rings. The zero-order valence-electron chi connectivity index (χ0n) is 9.35. The Morgan fingerprint density at radius 1 is 1.08 bits per heavy atom. The van der Waals surface area contributed by atoms with Crippen LogP contribution in [0.2, 0.25) is 0 Å². The van der Waals surface area contributed by atoms with Crippen LogP contribution in [-0.4, -0.2) is 0 Å². The average molecular weight is 168 g/mol. The molecule has 0 heteroatoms. The number of hydrogen-bond donors (Lipinski definition) is 0. The van der Waals surface area contributed by atoms with E-state index in [4.69, 9.17) is 0 Å². The highest BCUT2D eigenvalue weighted by Crippen LogP contribution is 2.47. The summed E-state index contributed by atoms with van der Waals surface area (Å²) in [7, 11) is 0. The van der Waals surface area contributed by atoms with Crippen molar-refractivity contribution >= 4 is 0 Å². The third kappa shape index (κ3) is 1.67. The van der Waals surface area contributed by atoms with Gasteiger partial charge in [0.2, 0.25) is 0 Å². The Hall–Kier alpha value is 0. The van der Waals surface area contributed by atoms with E-state index in [-0.39, 0.29) is 0 Å². The van der Waals surface area contributed by atoms with Crippen molar-refractivity contribution in [2.45, 2.75) is 53.9 Å². The molecule has 1 rings (SSSR count). The maximum atomic E-state index is 2.44. The van der Waals surface area contributed by atoms with Gasteiger partial charge in [-0.1, -0.05) is 41.0 Å². The molecule has 0 bridgehead atoms. The predicted molar refractivity (Wildman–Crippen MR) is 55.1 cm³/mol. The van der Waals surface area contributed by atoms with Crippen LogP contribution < -0.4 is 0 Å². The van der Waals surface area contributed by atoms with Crippen LogP contribution in [0.4, 0.5) is 0 Å². The van der Waals surface area contributed by atoms with Crippen LogP contribution >= 0.6 is 0 Å². The molecule has 0 radical (unpaired) electrons. The minimum atomic E-state index is 0.575. The fraction of sp³-hybridized carbons (Fsp3) is 1.00. The van der Waals surface area contributed by atoms with Crippen LogP contribution in [0.15, 0.2) is 0 Å². The molecular weight excluding hydrogens is 144 g/mol. The van der Waals surface area contributed by atoms with Gasteiger partial charge in [-0.3, -0.25) is 0 Å². The average Bonchev–Trinajstić information content (AvgIpc) is 2.00. The highest BCUT2D eigenvalue weighted by Gasteiger charge is 2.38. The quantitative estimate of drug-likeness (QED) is 0.553. The summed E-state index contributed by atoms with van der Waals surface area (Å²) in [4.78, 5) is 0. The van der Waals surface area contributed by atoms with Crippen molar-refractivity contribution in [3.63, 3.8) is 0 Å². The topological polar surface area (TPSA) is 0 Å². The van der Waals surface area contributed by atoms with Crippen LogP contribution in [0.25, 0.3) is 0 Å². The van der Waals surface area contributed by atoms with Gasteiger partial charge in [-0.2, -0.15) is 0 Å². The van der Waals surface area contributed by atoms with E-state index in [1.54, 1.807) is 0 Å². The van der Waals surface area contributed by atoms with Crippen LogP contribution in [0.1, 0.15) is 53.9 Å². The summed E-state index contributed by atoms with van der Waals surface area (Å²) in [5.41, 5.74) is 0.575. The Morgan fingerprint density at radius 3 is 1.83 bits per heavy atom. The summed E-state index contributed by atoms with van der Waals surface area (Å²) in [6, 6.07) is 0. The molecule has 0 aliphatic heterocycles. The second-order valence-electron chi connectivity index (χ2n) is 5.37. The van der Waals surface area contributed by atoms with Gasteiger partial charge in [0.1, 0.15) is 0 Å². The third-order valence-corrected chi connectivity index (χ3v) is 4.49. The van der Waals surface area contributed by atoms with E-state index in [1.165, 1.54) is 19.3 Å². The van der Waals surface area contributed by atoms with Crippen molar-refractivity contribution < 1.29 is 0 Å². The lowest BCUT2D eigenvalue weighted by Crippen LogP contribution is -2.36. The first-order valence-electron chi connectivity index (χ1n) is 5.48. The molecule has 0 heterocycles. The van der Waals surface area contributed by atoms with Crippen molar-refractivity contribution in [3.05, 3.63) is 0 Å². The van der Waals surface area contributed by atoms with Gasteiger partial charge in [-0.25, -0.2) is 0 Å². The van der Waals surface area contributed by atoms with E-state index in [0.717, 1.165) is 17.8 Å². The van der Waals surface area contributed by atoms with Crippen LogP contribution in [0.5, 0.6) is 0 Å². The van der Waals surface area contributed by atoms with Crippen molar-refractivity contribution in [2.24, 2.45) is 23.2 Å². The molecule has 0 amide bonds. The van der Waals surface area contributed by atoms with Gasteiger partial charge >= 0.3 is 0 Å². The minimum Gasteiger partial charge on any atom is -0.0651 e. The SMILES string of the molecule is CCC1CC(C)C(C)(C)C(C)C1. The number of rotatable bonds is 1. The van der Waals surface area contributed by atoms with E-state index >= 15 is 0 Å². The van der Waals surface area contributed by atoms with Crippen LogP contribution in [-0.2, 0) is 0 Å². The molecule has 0 saturated heterocycles. The monoisotopic (exact) mass is 168 g/mol. The molecule has 2 atom stereocenters. The lowest BCUT2D eigenvalue weighted by atomic mass is 9.60. The first-order valence-corrected chi connectivity index (χ1v) is 5.48. The van der Waals surface area contributed by atoms with Gasteiger partial charge in [0.15, 0.2) is 0 Å². The highest BCUT2D eigenvalue weighted by atomic mass is 14.4. The van der Waals surface area contributed by atoms with Gasteiger partial charge in [-0.05, 0) is 36.0 Å². The Labute approximate surface area is 77.7 Å². The van der Waals surface area contributed by atoms with Gasteiger partial charge in [0.05, 0.1) is 0 Å². The Bertz CT molecular complexity index is 132. The number of hydrogen-bond acceptors (Lipinski definition) is 0. The van der Waals surface area contributed by atoms with E-state index in [2.05, 4.69) is 34.6 Å². The highest BCUT2D eigenvalue weighted by molar-refractivity contribution is 4.88. The van der Waals surface area contributed by atoms with Crippen molar-refractivity contribution in [1.82, 2.24) is 0 Å². The molecule has 0 aromatic carbocycles. The van der Waals surface area contributed by atoms with E-state index < -0.39 is 0 Å². The smallest absolute Gasteiger partial charge is 0.0303 e. The zero-order valence-corrected chi connectivity index (χ0v) is 9.35. The summed E-state index contributed by atoms with van der Waals surface area (Å²) in [5.74, 6) is 2.82. The maximum Gasteiger partial charge on any atom is -0.0303 e. The molecule has 0 aromatic heterocycles. The Balaban J connectivity index is 2.64. The van der Waals surface area contributed by atoms with Crippen molar-refractivity contribution in [3.8, 4) is 0 Å². The second kappa shape index (κ2) is 3.40. The van der Waals surface area contributed by atoms with E-state index in [9.17, 15) is 0 Å². The summed E-state index contributed by atoms with van der Waals surface area (Å²) in [6.07, 6.45) is 4.28. The summed E-state index contributed by atoms with van der Waals surface area (Å²) < 4.78 is 0. The minimum absolute atomic E-state index is 0.575. The fourth-order valence-corrected chi connectivity index (χ4v) is 2.52. The standard InChI is InChI=1S/C12H24/c1-6-11-7-9(2)12(4,5)10(3)8-11/h9-11H,6-8H2,1-5H3. The van der Waals surface area contributed by atoms with E-state index in [1.807, 2.05) is 0 Å². The summed E-state index contributed by atoms with van der Waals surface area (Å²) in [5, 5.41) is 0. The molecule has 1 saturated carbocycles. The first-order chi connectivity index (χ1) is 5.48. The molecule has 12 heavy (non-hydrogen) atoms. The fourth-order valence-electron chi connectivity index (χ4n) is 2.52. The molecule has 0 nitrogen and oxygen atoms in total. The molecule has 0 aromatic rings. The van der Waals surface area contributed by atoms with Crippen LogP contribution in [0.3, 0.4) is 0 Å². The van der Waals surface area contributed by atoms with Crippen molar-refractivity contribution in [2.75, 3.05) is 0 Å². The zero-order chi connectivity index (χ0) is 9.35. The maximum absolute atomic E-state index is 2.44. The second-order valence-corrected chi connectivity index (χ2v) is 5.37. The largest absolute Gasteiger partial charge is 0.0651 e. The Morgan fingerprint density at radius 2 is 1.50 bits per heavy atom.